The van der Waals surface area contributed by atoms with Gasteiger partial charge in [-0.3, -0.25) is 0 Å². The quantitative estimate of drug-likeness (QED) is 0.778. The Balaban J connectivity index is 1.83. The summed E-state index contributed by atoms with van der Waals surface area (Å²) in [5, 5.41) is 2.89. The summed E-state index contributed by atoms with van der Waals surface area (Å²) in [6, 6.07) is 5.79. The van der Waals surface area contributed by atoms with E-state index in [2.05, 4.69) is 26.1 Å². The molecule has 2 rings (SSSR count). The maximum absolute atomic E-state index is 12.2. The molecule has 5 heteroatoms. The van der Waals surface area contributed by atoms with Crippen LogP contribution >= 0.6 is 0 Å². The Morgan fingerprint density at radius 3 is 2.58 bits per heavy atom. The molecule has 0 aromatic heterocycles. The first-order valence-corrected chi connectivity index (χ1v) is 9.60. The van der Waals surface area contributed by atoms with E-state index >= 15 is 0 Å². The highest BCUT2D eigenvalue weighted by molar-refractivity contribution is 5.67. The van der Waals surface area contributed by atoms with Gasteiger partial charge >= 0.3 is 6.09 Å². The number of methoxy groups -OCH3 is 2. The molecule has 1 fully saturated rings. The molecule has 1 saturated carbocycles. The standard InChI is InChI=1S/C21H33NO4/c1-14(2)17-8-6-15(3)12-19(17)26-21(23)22-11-10-16-7-9-18(24-4)20(13-16)25-5/h7,9,13-15,17,19H,6,8,10-12H2,1-5H3,(H,22,23)/t15-,17+,19-/m1/s1. The Bertz CT molecular complexity index is 587. The Hall–Kier alpha value is -1.91. The van der Waals surface area contributed by atoms with Gasteiger partial charge in [0.15, 0.2) is 11.5 Å². The molecule has 5 nitrogen and oxygen atoms in total. The lowest BCUT2D eigenvalue weighted by molar-refractivity contribution is 0.00630. The molecule has 1 N–H and O–H groups in total. The maximum Gasteiger partial charge on any atom is 0.407 e. The normalized spacial score (nSPS) is 22.8. The molecule has 0 saturated heterocycles. The van der Waals surface area contributed by atoms with Gasteiger partial charge in [0.1, 0.15) is 6.10 Å². The summed E-state index contributed by atoms with van der Waals surface area (Å²) < 4.78 is 16.3. The van der Waals surface area contributed by atoms with Gasteiger partial charge in [-0.1, -0.05) is 33.3 Å². The van der Waals surface area contributed by atoms with E-state index in [1.165, 1.54) is 6.42 Å². The van der Waals surface area contributed by atoms with Crippen LogP contribution in [0.25, 0.3) is 0 Å². The Morgan fingerprint density at radius 2 is 1.92 bits per heavy atom. The SMILES string of the molecule is COc1ccc(CCNC(=O)O[C@@H]2C[C@H](C)CC[C@H]2C(C)C)cc1OC. The second-order valence-corrected chi connectivity index (χ2v) is 7.64. The molecule has 1 aliphatic carbocycles. The van der Waals surface area contributed by atoms with Gasteiger partial charge in [0.25, 0.3) is 0 Å². The summed E-state index contributed by atoms with van der Waals surface area (Å²) >= 11 is 0. The second-order valence-electron chi connectivity index (χ2n) is 7.64. The van der Waals surface area contributed by atoms with Crippen LogP contribution in [0.3, 0.4) is 0 Å². The largest absolute Gasteiger partial charge is 0.493 e. The van der Waals surface area contributed by atoms with Crippen LogP contribution in [0, 0.1) is 17.8 Å². The molecule has 0 unspecified atom stereocenters. The highest BCUT2D eigenvalue weighted by Gasteiger charge is 2.33. The third kappa shape index (κ3) is 5.55. The molecule has 0 heterocycles. The molecule has 0 spiro atoms. The van der Waals surface area contributed by atoms with Crippen LogP contribution in [0.15, 0.2) is 18.2 Å². The third-order valence-electron chi connectivity index (χ3n) is 5.35. The van der Waals surface area contributed by atoms with Crippen molar-refractivity contribution < 1.29 is 19.0 Å². The molecule has 3 atom stereocenters. The van der Waals surface area contributed by atoms with Gasteiger partial charge < -0.3 is 19.5 Å². The van der Waals surface area contributed by atoms with Crippen molar-refractivity contribution in [1.29, 1.82) is 0 Å². The minimum absolute atomic E-state index is 0.0276. The number of nitrogens with one attached hydrogen (secondary N) is 1. The van der Waals surface area contributed by atoms with Gasteiger partial charge in [-0.15, -0.1) is 0 Å². The molecule has 0 radical (unpaired) electrons. The number of hydrogen-bond donors (Lipinski definition) is 1. The number of alkyl carbamates (subject to hydrolysis) is 1. The van der Waals surface area contributed by atoms with Crippen molar-refractivity contribution in [2.24, 2.45) is 17.8 Å². The van der Waals surface area contributed by atoms with Crippen LogP contribution in [0.2, 0.25) is 0 Å². The predicted molar refractivity (Wildman–Crippen MR) is 103 cm³/mol. The number of ether oxygens (including phenoxy) is 3. The first-order valence-electron chi connectivity index (χ1n) is 9.60. The topological polar surface area (TPSA) is 56.8 Å². The number of rotatable bonds is 7. The number of hydrogen-bond acceptors (Lipinski definition) is 4. The van der Waals surface area contributed by atoms with Crippen molar-refractivity contribution in [3.63, 3.8) is 0 Å². The maximum atomic E-state index is 12.2. The number of carbonyl (C=O) groups excluding carboxylic acids is 1. The van der Waals surface area contributed by atoms with E-state index in [-0.39, 0.29) is 12.2 Å². The highest BCUT2D eigenvalue weighted by atomic mass is 16.6. The number of amides is 1. The van der Waals surface area contributed by atoms with Crippen LogP contribution < -0.4 is 14.8 Å². The lowest BCUT2D eigenvalue weighted by Crippen LogP contribution is -2.39. The molecule has 0 aliphatic heterocycles. The predicted octanol–water partition coefficient (Wildman–Crippen LogP) is 4.43. The molecule has 26 heavy (non-hydrogen) atoms. The number of benzene rings is 1. The van der Waals surface area contributed by atoms with E-state index in [0.29, 0.717) is 42.2 Å². The van der Waals surface area contributed by atoms with Gasteiger partial charge in [-0.05, 0) is 54.7 Å². The minimum atomic E-state index is -0.310. The number of carbonyl (C=O) groups is 1. The zero-order valence-corrected chi connectivity index (χ0v) is 16.7. The zero-order chi connectivity index (χ0) is 19.1. The second kappa shape index (κ2) is 9.70. The first-order chi connectivity index (χ1) is 12.4. The van der Waals surface area contributed by atoms with Crippen molar-refractivity contribution in [3.8, 4) is 11.5 Å². The molecular formula is C21H33NO4. The fourth-order valence-corrected chi connectivity index (χ4v) is 3.77. The minimum Gasteiger partial charge on any atom is -0.493 e. The van der Waals surface area contributed by atoms with Crippen LogP contribution in [0.5, 0.6) is 11.5 Å². The third-order valence-corrected chi connectivity index (χ3v) is 5.35. The Morgan fingerprint density at radius 1 is 1.19 bits per heavy atom. The van der Waals surface area contributed by atoms with E-state index in [4.69, 9.17) is 14.2 Å². The van der Waals surface area contributed by atoms with Gasteiger partial charge in [-0.2, -0.15) is 0 Å². The molecule has 1 aliphatic rings. The first kappa shape index (κ1) is 20.4. The summed E-state index contributed by atoms with van der Waals surface area (Å²) in [5.41, 5.74) is 1.08. The molecule has 1 aromatic rings. The molecule has 1 aromatic carbocycles. The van der Waals surface area contributed by atoms with Crippen molar-refractivity contribution in [3.05, 3.63) is 23.8 Å². The summed E-state index contributed by atoms with van der Waals surface area (Å²) in [4.78, 5) is 12.2. The van der Waals surface area contributed by atoms with E-state index in [1.807, 2.05) is 18.2 Å². The fraction of sp³-hybridized carbons (Fsp3) is 0.667. The van der Waals surface area contributed by atoms with Gasteiger partial charge in [0, 0.05) is 6.54 Å². The van der Waals surface area contributed by atoms with Gasteiger partial charge in [-0.25, -0.2) is 4.79 Å². The summed E-state index contributed by atoms with van der Waals surface area (Å²) in [6.45, 7) is 7.20. The van der Waals surface area contributed by atoms with E-state index in [1.54, 1.807) is 14.2 Å². The molecule has 0 bridgehead atoms. The summed E-state index contributed by atoms with van der Waals surface area (Å²) in [5.74, 6) is 3.02. The Labute approximate surface area is 157 Å². The van der Waals surface area contributed by atoms with Crippen molar-refractivity contribution in [2.75, 3.05) is 20.8 Å². The van der Waals surface area contributed by atoms with Crippen LogP contribution in [-0.2, 0) is 11.2 Å². The lowest BCUT2D eigenvalue weighted by Gasteiger charge is -2.36. The van der Waals surface area contributed by atoms with E-state index in [0.717, 1.165) is 18.4 Å². The summed E-state index contributed by atoms with van der Waals surface area (Å²) in [7, 11) is 3.24. The van der Waals surface area contributed by atoms with E-state index < -0.39 is 0 Å². The van der Waals surface area contributed by atoms with Crippen LogP contribution in [0.4, 0.5) is 4.79 Å². The van der Waals surface area contributed by atoms with Gasteiger partial charge in [0.05, 0.1) is 14.2 Å². The van der Waals surface area contributed by atoms with Crippen molar-refractivity contribution in [1.82, 2.24) is 5.32 Å². The van der Waals surface area contributed by atoms with E-state index in [9.17, 15) is 4.79 Å². The molecule has 146 valence electrons. The van der Waals surface area contributed by atoms with Crippen LogP contribution in [0.1, 0.15) is 45.6 Å². The lowest BCUT2D eigenvalue weighted by atomic mass is 9.75. The van der Waals surface area contributed by atoms with Gasteiger partial charge in [0.2, 0.25) is 0 Å². The van der Waals surface area contributed by atoms with Crippen molar-refractivity contribution >= 4 is 6.09 Å². The van der Waals surface area contributed by atoms with Crippen LogP contribution in [-0.4, -0.2) is 33.0 Å². The van der Waals surface area contributed by atoms with Crippen molar-refractivity contribution in [2.45, 2.75) is 52.6 Å². The summed E-state index contributed by atoms with van der Waals surface area (Å²) in [6.07, 6.45) is 3.76. The fourth-order valence-electron chi connectivity index (χ4n) is 3.77. The average molecular weight is 363 g/mol. The highest BCUT2D eigenvalue weighted by Crippen LogP contribution is 2.35. The smallest absolute Gasteiger partial charge is 0.407 e. The average Bonchev–Trinajstić information content (AvgIpc) is 2.61. The Kier molecular flexibility index (Phi) is 7.61. The molecular weight excluding hydrogens is 330 g/mol. The zero-order valence-electron chi connectivity index (χ0n) is 16.7. The molecule has 1 amide bonds. The monoisotopic (exact) mass is 363 g/mol.